The molecule has 6 nitrogen and oxygen atoms in total. The number of aliphatic hydroxyl groups is 2. The molecule has 0 spiro atoms. The first kappa shape index (κ1) is 30.4. The van der Waals surface area contributed by atoms with Crippen LogP contribution in [0.5, 0.6) is 0 Å². The maximum Gasteiger partial charge on any atom is 0.407 e. The van der Waals surface area contributed by atoms with Crippen LogP contribution in [0.1, 0.15) is 56.4 Å². The maximum atomic E-state index is 14.4. The summed E-state index contributed by atoms with van der Waals surface area (Å²) in [6.45, 7) is 0.730. The Morgan fingerprint density at radius 1 is 0.974 bits per heavy atom. The molecule has 4 N–H and O–H groups in total. The van der Waals surface area contributed by atoms with Crippen molar-refractivity contribution in [2.45, 2.75) is 74.6 Å². The van der Waals surface area contributed by atoms with E-state index >= 15 is 0 Å². The van der Waals surface area contributed by atoms with Crippen molar-refractivity contribution in [2.24, 2.45) is 0 Å². The quantitative estimate of drug-likeness (QED) is 0.295. The number of hydrogen-bond donors (Lipinski definition) is 4. The summed E-state index contributed by atoms with van der Waals surface area (Å²) >= 11 is 0. The van der Waals surface area contributed by atoms with Crippen LogP contribution in [0.2, 0.25) is 0 Å². The van der Waals surface area contributed by atoms with Gasteiger partial charge >= 0.3 is 6.18 Å². The van der Waals surface area contributed by atoms with E-state index in [0.717, 1.165) is 13.8 Å². The number of halogens is 6. The molecule has 39 heavy (non-hydrogen) atoms. The summed E-state index contributed by atoms with van der Waals surface area (Å²) in [7, 11) is 0. The molecule has 2 aromatic rings. The lowest BCUT2D eigenvalue weighted by molar-refractivity contribution is -0.161. The molecule has 0 bridgehead atoms. The minimum atomic E-state index is -4.86. The van der Waals surface area contributed by atoms with Crippen molar-refractivity contribution in [3.8, 4) is 17.2 Å². The summed E-state index contributed by atoms with van der Waals surface area (Å²) < 4.78 is 83.9. The predicted octanol–water partition coefficient (Wildman–Crippen LogP) is 4.89. The molecule has 0 unspecified atom stereocenters. The van der Waals surface area contributed by atoms with Crippen LogP contribution < -0.4 is 10.6 Å². The first-order chi connectivity index (χ1) is 18.0. The Balaban J connectivity index is 1.83. The van der Waals surface area contributed by atoms with Gasteiger partial charge in [0.2, 0.25) is 5.91 Å². The van der Waals surface area contributed by atoms with E-state index in [1.54, 1.807) is 0 Å². The van der Waals surface area contributed by atoms with Gasteiger partial charge in [-0.3, -0.25) is 10.1 Å². The van der Waals surface area contributed by atoms with E-state index in [2.05, 4.69) is 10.6 Å². The SMILES string of the molecule is CC(C)(F)C[C@H](N[C@@H](c1ccc(-c2ccc([C@H](O)C(F)(F)CO)cc2)cc1)C(F)(F)F)C(=O)NC1(C#N)CC1. The third kappa shape index (κ3) is 7.71. The van der Waals surface area contributed by atoms with E-state index in [1.165, 1.54) is 48.5 Å². The van der Waals surface area contributed by atoms with E-state index in [9.17, 15) is 41.5 Å². The lowest BCUT2D eigenvalue weighted by Gasteiger charge is -2.30. The molecule has 3 atom stereocenters. The van der Waals surface area contributed by atoms with Gasteiger partial charge in [0.15, 0.2) is 0 Å². The Labute approximate surface area is 221 Å². The van der Waals surface area contributed by atoms with Gasteiger partial charge in [-0.2, -0.15) is 18.4 Å². The van der Waals surface area contributed by atoms with Crippen molar-refractivity contribution in [2.75, 3.05) is 6.61 Å². The summed E-state index contributed by atoms with van der Waals surface area (Å²) in [5.74, 6) is -4.65. The van der Waals surface area contributed by atoms with Crippen LogP contribution >= 0.6 is 0 Å². The van der Waals surface area contributed by atoms with Gasteiger partial charge in [-0.25, -0.2) is 13.2 Å². The first-order valence-corrected chi connectivity index (χ1v) is 12.1. The van der Waals surface area contributed by atoms with Gasteiger partial charge in [-0.15, -0.1) is 0 Å². The molecule has 1 saturated carbocycles. The number of carbonyl (C=O) groups excluding carboxylic acids is 1. The minimum Gasteiger partial charge on any atom is -0.390 e. The zero-order chi connectivity index (χ0) is 29.2. The van der Waals surface area contributed by atoms with Crippen molar-refractivity contribution < 1.29 is 41.4 Å². The second-order valence-electron chi connectivity index (χ2n) is 10.4. The maximum absolute atomic E-state index is 14.4. The first-order valence-electron chi connectivity index (χ1n) is 12.1. The number of alkyl halides is 6. The summed E-state index contributed by atoms with van der Waals surface area (Å²) in [6.07, 6.45) is -6.95. The van der Waals surface area contributed by atoms with Crippen LogP contribution in [0.3, 0.4) is 0 Å². The molecule has 1 fully saturated rings. The highest BCUT2D eigenvalue weighted by molar-refractivity contribution is 5.83. The predicted molar refractivity (Wildman–Crippen MR) is 130 cm³/mol. The highest BCUT2D eigenvalue weighted by Crippen LogP contribution is 2.37. The molecule has 1 aliphatic carbocycles. The normalized spacial score (nSPS) is 17.6. The van der Waals surface area contributed by atoms with E-state index in [4.69, 9.17) is 5.11 Å². The largest absolute Gasteiger partial charge is 0.407 e. The molecule has 3 rings (SSSR count). The fraction of sp³-hybridized carbons (Fsp3) is 0.481. The number of amides is 1. The fourth-order valence-electron chi connectivity index (χ4n) is 4.06. The Morgan fingerprint density at radius 2 is 1.46 bits per heavy atom. The highest BCUT2D eigenvalue weighted by atomic mass is 19.4. The molecule has 1 amide bonds. The number of carbonyl (C=O) groups is 1. The van der Waals surface area contributed by atoms with E-state index < -0.39 is 60.4 Å². The van der Waals surface area contributed by atoms with E-state index in [0.29, 0.717) is 24.0 Å². The van der Waals surface area contributed by atoms with Gasteiger partial charge in [-0.05, 0) is 48.9 Å². The number of nitriles is 1. The second-order valence-corrected chi connectivity index (χ2v) is 10.4. The molecule has 0 aromatic heterocycles. The molecular weight excluding hydrogens is 528 g/mol. The summed E-state index contributed by atoms with van der Waals surface area (Å²) in [4.78, 5) is 12.8. The molecule has 0 heterocycles. The van der Waals surface area contributed by atoms with E-state index in [1.807, 2.05) is 6.07 Å². The molecule has 212 valence electrons. The highest BCUT2D eigenvalue weighted by Gasteiger charge is 2.48. The number of hydrogen-bond acceptors (Lipinski definition) is 5. The molecule has 0 saturated heterocycles. The zero-order valence-electron chi connectivity index (χ0n) is 21.2. The smallest absolute Gasteiger partial charge is 0.390 e. The third-order valence-electron chi connectivity index (χ3n) is 6.44. The van der Waals surface area contributed by atoms with Crippen molar-refractivity contribution in [1.29, 1.82) is 5.26 Å². The number of nitrogens with zero attached hydrogens (tertiary/aromatic N) is 1. The molecule has 0 radical (unpaired) electrons. The molecule has 1 aliphatic rings. The molecule has 12 heteroatoms. The number of nitrogens with one attached hydrogen (secondary N) is 2. The molecule has 2 aromatic carbocycles. The Bertz CT molecular complexity index is 1180. The van der Waals surface area contributed by atoms with Crippen molar-refractivity contribution in [3.63, 3.8) is 0 Å². The molecule has 0 aliphatic heterocycles. The van der Waals surface area contributed by atoms with Gasteiger partial charge < -0.3 is 15.5 Å². The topological polar surface area (TPSA) is 105 Å². The van der Waals surface area contributed by atoms with Crippen molar-refractivity contribution in [3.05, 3.63) is 59.7 Å². The van der Waals surface area contributed by atoms with Gasteiger partial charge in [0.25, 0.3) is 5.92 Å². The second kappa shape index (κ2) is 11.2. The van der Waals surface area contributed by atoms with Crippen LogP contribution in [0.4, 0.5) is 26.3 Å². The van der Waals surface area contributed by atoms with E-state index in [-0.39, 0.29) is 11.1 Å². The average Bonchev–Trinajstić information content (AvgIpc) is 3.64. The Kier molecular flexibility index (Phi) is 8.69. The van der Waals surface area contributed by atoms with Crippen molar-refractivity contribution >= 4 is 5.91 Å². The zero-order valence-corrected chi connectivity index (χ0v) is 21.2. The summed E-state index contributed by atoms with van der Waals surface area (Å²) in [6, 6.07) is 8.31. The van der Waals surface area contributed by atoms with Gasteiger partial charge in [0, 0.05) is 6.42 Å². The van der Waals surface area contributed by atoms with Gasteiger partial charge in [0.05, 0.1) is 12.1 Å². The number of aliphatic hydroxyl groups excluding tert-OH is 2. The van der Waals surface area contributed by atoms with Crippen LogP contribution in [-0.2, 0) is 4.79 Å². The number of benzene rings is 2. The van der Waals surface area contributed by atoms with Crippen LogP contribution in [0, 0.1) is 11.3 Å². The number of rotatable bonds is 11. The third-order valence-corrected chi connectivity index (χ3v) is 6.44. The summed E-state index contributed by atoms with van der Waals surface area (Å²) in [5, 5.41) is 32.4. The Hall–Kier alpha value is -3.14. The summed E-state index contributed by atoms with van der Waals surface area (Å²) in [5.41, 5.74) is -2.63. The van der Waals surface area contributed by atoms with Crippen molar-refractivity contribution in [1.82, 2.24) is 10.6 Å². The van der Waals surface area contributed by atoms with Crippen LogP contribution in [0.15, 0.2) is 48.5 Å². The monoisotopic (exact) mass is 557 g/mol. The standard InChI is InChI=1S/C27H29F6N3O3/c1-24(2,28)13-20(23(39)36-25(14-34)11-12-25)35-21(27(31,32)33)18-7-3-16(4-8-18)17-5-9-19(10-6-17)22(38)26(29,30)15-37/h3-10,20-22,35,37-38H,11-13,15H2,1-2H3,(H,36,39)/t20-,21-,22-/m0/s1. The van der Waals surface area contributed by atoms with Crippen LogP contribution in [0.25, 0.3) is 11.1 Å². The fourth-order valence-corrected chi connectivity index (χ4v) is 4.06. The average molecular weight is 558 g/mol. The molecular formula is C27H29F6N3O3. The Morgan fingerprint density at radius 3 is 1.85 bits per heavy atom. The lowest BCUT2D eigenvalue weighted by atomic mass is 9.95. The van der Waals surface area contributed by atoms with Gasteiger partial charge in [0.1, 0.15) is 30.0 Å². The van der Waals surface area contributed by atoms with Gasteiger partial charge in [-0.1, -0.05) is 48.5 Å². The minimum absolute atomic E-state index is 0.153. The lowest BCUT2D eigenvalue weighted by Crippen LogP contribution is -2.53. The van der Waals surface area contributed by atoms with Crippen LogP contribution in [-0.4, -0.2) is 52.1 Å².